The minimum atomic E-state index is 0. The molecule has 0 bridgehead atoms. The summed E-state index contributed by atoms with van der Waals surface area (Å²) >= 11 is 0. The summed E-state index contributed by atoms with van der Waals surface area (Å²) in [6, 6.07) is 8.61. The maximum Gasteiger partial charge on any atom is 0.133 e. The highest BCUT2D eigenvalue weighted by Crippen LogP contribution is 2.28. The lowest BCUT2D eigenvalue weighted by Crippen LogP contribution is -2.26. The molecule has 16 heavy (non-hydrogen) atoms. The Balaban J connectivity index is 0.000000963. The first-order chi connectivity index (χ1) is 7.43. The van der Waals surface area contributed by atoms with Crippen LogP contribution < -0.4 is 5.32 Å². The molecular formula is C13H16ClNO. The SMILES string of the molecule is Cl.c1cc2cc(C3CCNCC3)ccc2o1. The molecule has 2 nitrogen and oxygen atoms in total. The van der Waals surface area contributed by atoms with Gasteiger partial charge in [0.15, 0.2) is 0 Å². The predicted octanol–water partition coefficient (Wildman–Crippen LogP) is 3.32. The second kappa shape index (κ2) is 4.89. The topological polar surface area (TPSA) is 25.2 Å². The Morgan fingerprint density at radius 2 is 1.94 bits per heavy atom. The van der Waals surface area contributed by atoms with Crippen LogP contribution in [0.3, 0.4) is 0 Å². The van der Waals surface area contributed by atoms with Crippen molar-refractivity contribution in [3.05, 3.63) is 36.1 Å². The zero-order valence-corrected chi connectivity index (χ0v) is 9.93. The van der Waals surface area contributed by atoms with E-state index in [1.165, 1.54) is 23.8 Å². The van der Waals surface area contributed by atoms with Crippen molar-refractivity contribution in [1.29, 1.82) is 0 Å². The molecule has 0 radical (unpaired) electrons. The van der Waals surface area contributed by atoms with Crippen molar-refractivity contribution in [3.8, 4) is 0 Å². The monoisotopic (exact) mass is 237 g/mol. The van der Waals surface area contributed by atoms with Crippen molar-refractivity contribution in [3.63, 3.8) is 0 Å². The zero-order valence-electron chi connectivity index (χ0n) is 9.11. The lowest BCUT2D eigenvalue weighted by atomic mass is 9.90. The van der Waals surface area contributed by atoms with Gasteiger partial charge in [-0.05, 0) is 55.6 Å². The Hall–Kier alpha value is -0.990. The standard InChI is InChI=1S/C13H15NO.ClH/c1-2-13-12(5-8-15-13)9-11(1)10-3-6-14-7-4-10;/h1-2,5,8-10,14H,3-4,6-7H2;1H. The summed E-state index contributed by atoms with van der Waals surface area (Å²) in [6.45, 7) is 2.29. The molecule has 1 aromatic carbocycles. The number of rotatable bonds is 1. The lowest BCUT2D eigenvalue weighted by Gasteiger charge is -2.22. The fraction of sp³-hybridized carbons (Fsp3) is 0.385. The fourth-order valence-corrected chi connectivity index (χ4v) is 2.39. The van der Waals surface area contributed by atoms with Gasteiger partial charge in [-0.3, -0.25) is 0 Å². The van der Waals surface area contributed by atoms with Gasteiger partial charge in [-0.1, -0.05) is 6.07 Å². The molecule has 1 aliphatic heterocycles. The number of benzene rings is 1. The van der Waals surface area contributed by atoms with Gasteiger partial charge in [-0.2, -0.15) is 0 Å². The van der Waals surface area contributed by atoms with Crippen LogP contribution in [-0.4, -0.2) is 13.1 Å². The van der Waals surface area contributed by atoms with Crippen molar-refractivity contribution in [2.45, 2.75) is 18.8 Å². The molecule has 1 aliphatic rings. The second-order valence-corrected chi connectivity index (χ2v) is 4.24. The van der Waals surface area contributed by atoms with Crippen LogP contribution in [0.4, 0.5) is 0 Å². The predicted molar refractivity (Wildman–Crippen MR) is 68.3 cm³/mol. The molecule has 0 saturated carbocycles. The Bertz CT molecular complexity index is 460. The van der Waals surface area contributed by atoms with Gasteiger partial charge in [0.1, 0.15) is 5.58 Å². The van der Waals surface area contributed by atoms with Gasteiger partial charge in [0, 0.05) is 5.39 Å². The summed E-state index contributed by atoms with van der Waals surface area (Å²) in [5.41, 5.74) is 2.46. The highest BCUT2D eigenvalue weighted by atomic mass is 35.5. The minimum absolute atomic E-state index is 0. The highest BCUT2D eigenvalue weighted by molar-refractivity contribution is 5.85. The molecular weight excluding hydrogens is 222 g/mol. The summed E-state index contributed by atoms with van der Waals surface area (Å²) < 4.78 is 5.35. The third kappa shape index (κ3) is 2.08. The summed E-state index contributed by atoms with van der Waals surface area (Å²) in [7, 11) is 0. The summed E-state index contributed by atoms with van der Waals surface area (Å²) in [5.74, 6) is 0.727. The van der Waals surface area contributed by atoms with Crippen molar-refractivity contribution in [2.75, 3.05) is 13.1 Å². The highest BCUT2D eigenvalue weighted by Gasteiger charge is 2.15. The van der Waals surface area contributed by atoms with Gasteiger partial charge >= 0.3 is 0 Å². The first kappa shape index (κ1) is 11.5. The van der Waals surface area contributed by atoms with E-state index in [1.807, 2.05) is 6.07 Å². The van der Waals surface area contributed by atoms with Crippen molar-refractivity contribution >= 4 is 23.4 Å². The lowest BCUT2D eigenvalue weighted by molar-refractivity contribution is 0.460. The first-order valence-corrected chi connectivity index (χ1v) is 5.61. The van der Waals surface area contributed by atoms with Crippen LogP contribution in [0.15, 0.2) is 34.9 Å². The number of furan rings is 1. The van der Waals surface area contributed by atoms with Crippen LogP contribution in [0.25, 0.3) is 11.0 Å². The van der Waals surface area contributed by atoms with E-state index in [-0.39, 0.29) is 12.4 Å². The molecule has 0 unspecified atom stereocenters. The van der Waals surface area contributed by atoms with E-state index in [0.29, 0.717) is 0 Å². The maximum atomic E-state index is 5.35. The molecule has 0 spiro atoms. The van der Waals surface area contributed by atoms with Crippen molar-refractivity contribution in [1.82, 2.24) is 5.32 Å². The summed E-state index contributed by atoms with van der Waals surface area (Å²) in [4.78, 5) is 0. The number of hydrogen-bond donors (Lipinski definition) is 1. The molecule has 1 aromatic heterocycles. The Morgan fingerprint density at radius 3 is 2.75 bits per heavy atom. The molecule has 3 heteroatoms. The number of piperidine rings is 1. The molecule has 0 aliphatic carbocycles. The quantitative estimate of drug-likeness (QED) is 0.823. The van der Waals surface area contributed by atoms with Crippen molar-refractivity contribution in [2.24, 2.45) is 0 Å². The van der Waals surface area contributed by atoms with Crippen LogP contribution in [0, 0.1) is 0 Å². The second-order valence-electron chi connectivity index (χ2n) is 4.24. The summed E-state index contributed by atoms with van der Waals surface area (Å²) in [6.07, 6.45) is 4.27. The van der Waals surface area contributed by atoms with E-state index in [1.54, 1.807) is 6.26 Å². The average Bonchev–Trinajstić information content (AvgIpc) is 2.77. The van der Waals surface area contributed by atoms with Gasteiger partial charge in [0.25, 0.3) is 0 Å². The fourth-order valence-electron chi connectivity index (χ4n) is 2.39. The average molecular weight is 238 g/mol. The number of hydrogen-bond acceptors (Lipinski definition) is 2. The molecule has 0 atom stereocenters. The minimum Gasteiger partial charge on any atom is -0.464 e. The van der Waals surface area contributed by atoms with Gasteiger partial charge in [0.2, 0.25) is 0 Å². The van der Waals surface area contributed by atoms with Crippen LogP contribution in [0.5, 0.6) is 0 Å². The van der Waals surface area contributed by atoms with Crippen LogP contribution in [-0.2, 0) is 0 Å². The number of fused-ring (bicyclic) bond motifs is 1. The first-order valence-electron chi connectivity index (χ1n) is 5.61. The summed E-state index contributed by atoms with van der Waals surface area (Å²) in [5, 5.41) is 4.63. The van der Waals surface area contributed by atoms with E-state index in [9.17, 15) is 0 Å². The van der Waals surface area contributed by atoms with Crippen LogP contribution >= 0.6 is 12.4 Å². The van der Waals surface area contributed by atoms with E-state index in [2.05, 4.69) is 23.5 Å². The third-order valence-electron chi connectivity index (χ3n) is 3.29. The maximum absolute atomic E-state index is 5.35. The van der Waals surface area contributed by atoms with Gasteiger partial charge in [-0.15, -0.1) is 12.4 Å². The zero-order chi connectivity index (χ0) is 10.1. The Morgan fingerprint density at radius 1 is 1.12 bits per heavy atom. The van der Waals surface area contributed by atoms with E-state index >= 15 is 0 Å². The molecule has 2 aromatic rings. The van der Waals surface area contributed by atoms with E-state index in [4.69, 9.17) is 4.42 Å². The third-order valence-corrected chi connectivity index (χ3v) is 3.29. The Kier molecular flexibility index (Phi) is 3.52. The van der Waals surface area contributed by atoms with Crippen LogP contribution in [0.2, 0.25) is 0 Å². The number of nitrogens with one attached hydrogen (secondary N) is 1. The molecule has 1 saturated heterocycles. The van der Waals surface area contributed by atoms with Gasteiger partial charge < -0.3 is 9.73 Å². The smallest absolute Gasteiger partial charge is 0.133 e. The molecule has 0 amide bonds. The largest absolute Gasteiger partial charge is 0.464 e. The van der Waals surface area contributed by atoms with E-state index in [0.717, 1.165) is 24.6 Å². The molecule has 1 fully saturated rings. The molecule has 2 heterocycles. The molecule has 1 N–H and O–H groups in total. The van der Waals surface area contributed by atoms with Crippen molar-refractivity contribution < 1.29 is 4.42 Å². The van der Waals surface area contributed by atoms with Gasteiger partial charge in [0.05, 0.1) is 6.26 Å². The normalized spacial score (nSPS) is 17.2. The number of halogens is 1. The molecule has 86 valence electrons. The van der Waals surface area contributed by atoms with E-state index < -0.39 is 0 Å². The Labute approximate surface area is 101 Å². The van der Waals surface area contributed by atoms with Gasteiger partial charge in [-0.25, -0.2) is 0 Å². The molecule has 3 rings (SSSR count). The van der Waals surface area contributed by atoms with Crippen LogP contribution in [0.1, 0.15) is 24.3 Å².